The molecule has 27 heavy (non-hydrogen) atoms. The highest BCUT2D eigenvalue weighted by atomic mass is 127. The van der Waals surface area contributed by atoms with Crippen LogP contribution in [0.3, 0.4) is 0 Å². The van der Waals surface area contributed by atoms with Gasteiger partial charge in [-0.2, -0.15) is 0 Å². The first-order valence-corrected chi connectivity index (χ1v) is 10.8. The van der Waals surface area contributed by atoms with Gasteiger partial charge in [0.2, 0.25) is 0 Å². The molecule has 1 fully saturated rings. The number of carbonyl (C=O) groups is 1. The molecule has 2 aromatic carbocycles. The molecule has 1 saturated heterocycles. The zero-order valence-electron chi connectivity index (χ0n) is 16.0. The molecule has 5 heteroatoms. The second-order valence-corrected chi connectivity index (χ2v) is 8.14. The first kappa shape index (κ1) is 20.1. The van der Waals surface area contributed by atoms with Crippen LogP contribution in [0.4, 0.5) is 5.69 Å². The summed E-state index contributed by atoms with van der Waals surface area (Å²) in [6.07, 6.45) is 2.14. The molecule has 3 rings (SSSR count). The molecule has 0 spiro atoms. The fourth-order valence-electron chi connectivity index (χ4n) is 3.45. The maximum absolute atomic E-state index is 12.3. The third-order valence-corrected chi connectivity index (χ3v) is 6.55. The Hall–Kier alpha value is -1.60. The molecular formula is C22H28IN3O. The molecule has 4 nitrogen and oxygen atoms in total. The molecule has 0 saturated carbocycles. The maximum Gasteiger partial charge on any atom is 0.252 e. The third-order valence-electron chi connectivity index (χ3n) is 5.12. The zero-order valence-corrected chi connectivity index (χ0v) is 18.1. The highest BCUT2D eigenvalue weighted by Gasteiger charge is 2.16. The first-order chi connectivity index (χ1) is 13.1. The number of nitrogens with one attached hydrogen (secondary N) is 1. The van der Waals surface area contributed by atoms with E-state index in [1.54, 1.807) is 0 Å². The molecule has 0 bridgehead atoms. The lowest BCUT2D eigenvalue weighted by Crippen LogP contribution is -2.46. The quantitative estimate of drug-likeness (QED) is 0.485. The van der Waals surface area contributed by atoms with Gasteiger partial charge in [0.1, 0.15) is 0 Å². The number of hydrogen-bond acceptors (Lipinski definition) is 3. The van der Waals surface area contributed by atoms with Crippen molar-refractivity contribution in [1.29, 1.82) is 0 Å². The fourth-order valence-corrected chi connectivity index (χ4v) is 4.05. The van der Waals surface area contributed by atoms with Crippen LogP contribution in [0.25, 0.3) is 0 Å². The van der Waals surface area contributed by atoms with Crippen LogP contribution < -0.4 is 10.2 Å². The van der Waals surface area contributed by atoms with Crippen molar-refractivity contribution in [1.82, 2.24) is 10.2 Å². The van der Waals surface area contributed by atoms with E-state index < -0.39 is 0 Å². The topological polar surface area (TPSA) is 35.6 Å². The first-order valence-electron chi connectivity index (χ1n) is 9.71. The zero-order chi connectivity index (χ0) is 19.1. The maximum atomic E-state index is 12.3. The number of rotatable bonds is 7. The van der Waals surface area contributed by atoms with Gasteiger partial charge < -0.3 is 10.2 Å². The Labute approximate surface area is 176 Å². The number of hydrogen-bond donors (Lipinski definition) is 1. The van der Waals surface area contributed by atoms with Crippen molar-refractivity contribution in [2.24, 2.45) is 0 Å². The third kappa shape index (κ3) is 5.69. The summed E-state index contributed by atoms with van der Waals surface area (Å²) in [6, 6.07) is 16.5. The Morgan fingerprint density at radius 1 is 1.00 bits per heavy atom. The minimum Gasteiger partial charge on any atom is -0.369 e. The highest BCUT2D eigenvalue weighted by molar-refractivity contribution is 14.1. The minimum absolute atomic E-state index is 0.0413. The van der Waals surface area contributed by atoms with E-state index >= 15 is 0 Å². The van der Waals surface area contributed by atoms with E-state index in [1.807, 2.05) is 25.1 Å². The molecule has 1 heterocycles. The van der Waals surface area contributed by atoms with Crippen LogP contribution >= 0.6 is 22.6 Å². The van der Waals surface area contributed by atoms with Gasteiger partial charge in [0.15, 0.2) is 0 Å². The number of halogens is 1. The van der Waals surface area contributed by atoms with Gasteiger partial charge in [-0.15, -0.1) is 0 Å². The lowest BCUT2D eigenvalue weighted by atomic mass is 10.1. The lowest BCUT2D eigenvalue weighted by Gasteiger charge is -2.36. The molecule has 144 valence electrons. The van der Waals surface area contributed by atoms with Crippen molar-refractivity contribution < 1.29 is 4.79 Å². The van der Waals surface area contributed by atoms with Crippen LogP contribution in [-0.2, 0) is 0 Å². The van der Waals surface area contributed by atoms with Gasteiger partial charge in [-0.3, -0.25) is 9.69 Å². The average Bonchev–Trinajstić information content (AvgIpc) is 2.71. The second kappa shape index (κ2) is 10.1. The molecule has 1 aliphatic heterocycles. The van der Waals surface area contributed by atoms with Crippen molar-refractivity contribution >= 4 is 34.2 Å². The number of para-hydroxylation sites is 1. The number of unbranched alkanes of at least 4 members (excludes halogenated alkanes) is 1. The highest BCUT2D eigenvalue weighted by Crippen LogP contribution is 2.17. The smallest absolute Gasteiger partial charge is 0.252 e. The number of piperazine rings is 1. The predicted octanol–water partition coefficient (Wildman–Crippen LogP) is 3.93. The molecule has 1 aliphatic rings. The Balaban J connectivity index is 1.32. The average molecular weight is 477 g/mol. The summed E-state index contributed by atoms with van der Waals surface area (Å²) < 4.78 is 1.05. The molecule has 1 N–H and O–H groups in total. The largest absolute Gasteiger partial charge is 0.369 e. The van der Waals surface area contributed by atoms with E-state index in [4.69, 9.17) is 0 Å². The summed E-state index contributed by atoms with van der Waals surface area (Å²) >= 11 is 2.25. The lowest BCUT2D eigenvalue weighted by molar-refractivity contribution is 0.0951. The van der Waals surface area contributed by atoms with E-state index in [1.165, 1.54) is 5.69 Å². The molecule has 0 atom stereocenters. The predicted molar refractivity (Wildman–Crippen MR) is 121 cm³/mol. The summed E-state index contributed by atoms with van der Waals surface area (Å²) in [7, 11) is 0. The van der Waals surface area contributed by atoms with E-state index in [0.717, 1.165) is 66.8 Å². The van der Waals surface area contributed by atoms with Gasteiger partial charge in [-0.05, 0) is 72.7 Å². The Morgan fingerprint density at radius 3 is 2.48 bits per heavy atom. The molecule has 0 unspecified atom stereocenters. The number of aryl methyl sites for hydroxylation is 1. The number of benzene rings is 2. The second-order valence-electron chi connectivity index (χ2n) is 7.06. The Morgan fingerprint density at radius 2 is 1.74 bits per heavy atom. The van der Waals surface area contributed by atoms with Crippen molar-refractivity contribution in [2.75, 3.05) is 44.2 Å². The summed E-state index contributed by atoms with van der Waals surface area (Å²) in [5, 5.41) is 3.06. The van der Waals surface area contributed by atoms with Crippen molar-refractivity contribution in [3.05, 3.63) is 63.2 Å². The van der Waals surface area contributed by atoms with E-state index in [2.05, 4.69) is 68.0 Å². The molecule has 0 radical (unpaired) electrons. The molecule has 0 aliphatic carbocycles. The van der Waals surface area contributed by atoms with Crippen LogP contribution in [-0.4, -0.2) is 50.1 Å². The van der Waals surface area contributed by atoms with Crippen LogP contribution in [0, 0.1) is 10.5 Å². The molecular weight excluding hydrogens is 449 g/mol. The number of carbonyl (C=O) groups excluding carboxylic acids is 1. The van der Waals surface area contributed by atoms with Gasteiger partial charge in [0, 0.05) is 42.0 Å². The Kier molecular flexibility index (Phi) is 7.52. The monoisotopic (exact) mass is 477 g/mol. The molecule has 0 aromatic heterocycles. The van der Waals surface area contributed by atoms with Crippen LogP contribution in [0.2, 0.25) is 0 Å². The standard InChI is InChI=1S/C22H28IN3O/c1-18-8-7-11-20(21(18)23)22(27)24-12-5-6-13-25-14-16-26(17-15-25)19-9-3-2-4-10-19/h2-4,7-11H,5-6,12-17H2,1H3,(H,24,27). The van der Waals surface area contributed by atoms with Gasteiger partial charge in [-0.1, -0.05) is 30.3 Å². The minimum atomic E-state index is 0.0413. The van der Waals surface area contributed by atoms with E-state index in [-0.39, 0.29) is 5.91 Å². The van der Waals surface area contributed by atoms with Crippen molar-refractivity contribution in [3.8, 4) is 0 Å². The fraction of sp³-hybridized carbons (Fsp3) is 0.409. The number of amides is 1. The Bertz CT molecular complexity index is 742. The molecule has 2 aromatic rings. The van der Waals surface area contributed by atoms with E-state index in [0.29, 0.717) is 0 Å². The van der Waals surface area contributed by atoms with Crippen molar-refractivity contribution in [3.63, 3.8) is 0 Å². The van der Waals surface area contributed by atoms with Crippen molar-refractivity contribution in [2.45, 2.75) is 19.8 Å². The SMILES string of the molecule is Cc1cccc(C(=O)NCCCCN2CCN(c3ccccc3)CC2)c1I. The van der Waals surface area contributed by atoms with Gasteiger partial charge >= 0.3 is 0 Å². The summed E-state index contributed by atoms with van der Waals surface area (Å²) in [5.41, 5.74) is 3.26. The number of nitrogens with zero attached hydrogens (tertiary/aromatic N) is 2. The summed E-state index contributed by atoms with van der Waals surface area (Å²) in [6.45, 7) is 8.30. The van der Waals surface area contributed by atoms with Crippen LogP contribution in [0.1, 0.15) is 28.8 Å². The molecule has 1 amide bonds. The van der Waals surface area contributed by atoms with Gasteiger partial charge in [0.25, 0.3) is 5.91 Å². The van der Waals surface area contributed by atoms with Gasteiger partial charge in [0.05, 0.1) is 5.56 Å². The van der Waals surface area contributed by atoms with Crippen LogP contribution in [0.5, 0.6) is 0 Å². The van der Waals surface area contributed by atoms with Crippen LogP contribution in [0.15, 0.2) is 48.5 Å². The summed E-state index contributed by atoms with van der Waals surface area (Å²) in [5.74, 6) is 0.0413. The summed E-state index contributed by atoms with van der Waals surface area (Å²) in [4.78, 5) is 17.3. The normalized spacial score (nSPS) is 15.0. The number of anilines is 1. The van der Waals surface area contributed by atoms with Gasteiger partial charge in [-0.25, -0.2) is 0 Å². The van der Waals surface area contributed by atoms with E-state index in [9.17, 15) is 4.79 Å².